The van der Waals surface area contributed by atoms with Gasteiger partial charge in [-0.3, -0.25) is 4.79 Å². The monoisotopic (exact) mass is 284 g/mol. The second-order valence-electron chi connectivity index (χ2n) is 5.24. The van der Waals surface area contributed by atoms with Gasteiger partial charge in [0, 0.05) is 30.5 Å². The Morgan fingerprint density at radius 1 is 1.19 bits per heavy atom. The normalized spacial score (nSPS) is 13.2. The van der Waals surface area contributed by atoms with Gasteiger partial charge in [-0.2, -0.15) is 0 Å². The van der Waals surface area contributed by atoms with Crippen molar-refractivity contribution in [1.82, 2.24) is 0 Å². The molecule has 1 aliphatic heterocycles. The lowest BCUT2D eigenvalue weighted by atomic mass is 10.0. The van der Waals surface area contributed by atoms with Gasteiger partial charge < -0.3 is 10.2 Å². The van der Waals surface area contributed by atoms with Gasteiger partial charge in [-0.25, -0.2) is 4.39 Å². The Labute approximate surface area is 123 Å². The Kier molecular flexibility index (Phi) is 3.60. The molecule has 1 amide bonds. The smallest absolute Gasteiger partial charge is 0.258 e. The number of amides is 1. The van der Waals surface area contributed by atoms with Crippen molar-refractivity contribution in [2.75, 3.05) is 23.8 Å². The molecule has 0 atom stereocenters. The van der Waals surface area contributed by atoms with Crippen LogP contribution in [0, 0.1) is 5.82 Å². The van der Waals surface area contributed by atoms with Crippen LogP contribution in [0.1, 0.15) is 22.3 Å². The number of benzene rings is 2. The lowest BCUT2D eigenvalue weighted by molar-refractivity contribution is 0.0993. The van der Waals surface area contributed by atoms with Crippen molar-refractivity contribution in [2.24, 2.45) is 0 Å². The highest BCUT2D eigenvalue weighted by Crippen LogP contribution is 2.24. The number of aryl methyl sites for hydroxylation is 1. The van der Waals surface area contributed by atoms with E-state index in [9.17, 15) is 9.18 Å². The number of anilines is 2. The molecule has 3 nitrogen and oxygen atoms in total. The van der Waals surface area contributed by atoms with Crippen LogP contribution >= 0.6 is 0 Å². The summed E-state index contributed by atoms with van der Waals surface area (Å²) < 4.78 is 13.0. The molecule has 21 heavy (non-hydrogen) atoms. The van der Waals surface area contributed by atoms with Gasteiger partial charge in [0.05, 0.1) is 0 Å². The summed E-state index contributed by atoms with van der Waals surface area (Å²) in [7, 11) is 1.70. The number of rotatable bonds is 2. The van der Waals surface area contributed by atoms with Crippen LogP contribution in [-0.2, 0) is 6.42 Å². The van der Waals surface area contributed by atoms with Crippen molar-refractivity contribution < 1.29 is 9.18 Å². The van der Waals surface area contributed by atoms with Crippen molar-refractivity contribution in [3.05, 3.63) is 59.4 Å². The summed E-state index contributed by atoms with van der Waals surface area (Å²) >= 11 is 0. The van der Waals surface area contributed by atoms with E-state index in [0.29, 0.717) is 11.3 Å². The van der Waals surface area contributed by atoms with E-state index in [4.69, 9.17) is 0 Å². The maximum absolute atomic E-state index is 13.0. The van der Waals surface area contributed by atoms with Crippen LogP contribution in [0.4, 0.5) is 15.8 Å². The first-order chi connectivity index (χ1) is 10.1. The van der Waals surface area contributed by atoms with Crippen molar-refractivity contribution in [3.63, 3.8) is 0 Å². The molecular formula is C17H17FN2O. The number of nitrogens with one attached hydrogen (secondary N) is 1. The fraction of sp³-hybridized carbons (Fsp3) is 0.235. The molecule has 0 fully saturated rings. The van der Waals surface area contributed by atoms with Gasteiger partial charge in [0.25, 0.3) is 5.91 Å². The third-order valence-electron chi connectivity index (χ3n) is 3.81. The Bertz CT molecular complexity index is 667. The SMILES string of the molecule is CN(C(=O)c1ccc2c(c1)CCCN2)c1ccc(F)cc1. The summed E-state index contributed by atoms with van der Waals surface area (Å²) in [6, 6.07) is 11.7. The molecule has 1 aliphatic rings. The first-order valence-corrected chi connectivity index (χ1v) is 7.05. The molecule has 0 aliphatic carbocycles. The maximum Gasteiger partial charge on any atom is 0.258 e. The van der Waals surface area contributed by atoms with Gasteiger partial charge in [0.1, 0.15) is 5.82 Å². The zero-order chi connectivity index (χ0) is 14.8. The second kappa shape index (κ2) is 5.56. The summed E-state index contributed by atoms with van der Waals surface area (Å²) in [5.41, 5.74) is 3.63. The van der Waals surface area contributed by atoms with Crippen molar-refractivity contribution in [2.45, 2.75) is 12.8 Å². The predicted molar refractivity (Wildman–Crippen MR) is 82.4 cm³/mol. The minimum Gasteiger partial charge on any atom is -0.385 e. The van der Waals surface area contributed by atoms with Gasteiger partial charge in [-0.05, 0) is 60.9 Å². The Morgan fingerprint density at radius 2 is 1.95 bits per heavy atom. The minimum atomic E-state index is -0.306. The van der Waals surface area contributed by atoms with E-state index in [1.165, 1.54) is 22.6 Å². The summed E-state index contributed by atoms with van der Waals surface area (Å²) in [4.78, 5) is 14.1. The number of nitrogens with zero attached hydrogens (tertiary/aromatic N) is 1. The Hall–Kier alpha value is -2.36. The van der Waals surface area contributed by atoms with Crippen LogP contribution in [0.3, 0.4) is 0 Å². The lowest BCUT2D eigenvalue weighted by Crippen LogP contribution is -2.26. The van der Waals surface area contributed by atoms with Crippen LogP contribution in [0.25, 0.3) is 0 Å². The van der Waals surface area contributed by atoms with E-state index in [1.807, 2.05) is 18.2 Å². The van der Waals surface area contributed by atoms with E-state index in [0.717, 1.165) is 25.1 Å². The van der Waals surface area contributed by atoms with Crippen molar-refractivity contribution in [3.8, 4) is 0 Å². The number of fused-ring (bicyclic) bond motifs is 1. The number of carbonyl (C=O) groups is 1. The van der Waals surface area contributed by atoms with E-state index >= 15 is 0 Å². The molecular weight excluding hydrogens is 267 g/mol. The molecule has 1 heterocycles. The standard InChI is InChI=1S/C17H17FN2O/c1-20(15-7-5-14(18)6-8-15)17(21)13-4-9-16-12(11-13)3-2-10-19-16/h4-9,11,19H,2-3,10H2,1H3. The third-order valence-corrected chi connectivity index (χ3v) is 3.81. The molecule has 0 radical (unpaired) electrons. The number of halogens is 1. The summed E-state index contributed by atoms with van der Waals surface area (Å²) in [5.74, 6) is -0.394. The zero-order valence-electron chi connectivity index (χ0n) is 11.9. The molecule has 0 bridgehead atoms. The summed E-state index contributed by atoms with van der Waals surface area (Å²) in [5, 5.41) is 3.33. The third kappa shape index (κ3) is 2.75. The molecule has 0 aromatic heterocycles. The fourth-order valence-electron chi connectivity index (χ4n) is 2.58. The zero-order valence-corrected chi connectivity index (χ0v) is 11.9. The first-order valence-electron chi connectivity index (χ1n) is 7.05. The molecule has 0 unspecified atom stereocenters. The highest BCUT2D eigenvalue weighted by Gasteiger charge is 2.16. The molecule has 3 rings (SSSR count). The van der Waals surface area contributed by atoms with Gasteiger partial charge in [0.2, 0.25) is 0 Å². The second-order valence-corrected chi connectivity index (χ2v) is 5.24. The molecule has 2 aromatic rings. The van der Waals surface area contributed by atoms with Crippen molar-refractivity contribution in [1.29, 1.82) is 0 Å². The van der Waals surface area contributed by atoms with Crippen LogP contribution in [0.15, 0.2) is 42.5 Å². The van der Waals surface area contributed by atoms with E-state index in [-0.39, 0.29) is 11.7 Å². The van der Waals surface area contributed by atoms with Gasteiger partial charge in [-0.15, -0.1) is 0 Å². The molecule has 0 saturated heterocycles. The number of hydrogen-bond acceptors (Lipinski definition) is 2. The van der Waals surface area contributed by atoms with Crippen LogP contribution in [-0.4, -0.2) is 19.5 Å². The molecule has 4 heteroatoms. The van der Waals surface area contributed by atoms with E-state index in [1.54, 1.807) is 19.2 Å². The van der Waals surface area contributed by atoms with Gasteiger partial charge >= 0.3 is 0 Å². The average molecular weight is 284 g/mol. The predicted octanol–water partition coefficient (Wildman–Crippen LogP) is 3.46. The average Bonchev–Trinajstić information content (AvgIpc) is 2.54. The largest absolute Gasteiger partial charge is 0.385 e. The number of hydrogen-bond donors (Lipinski definition) is 1. The van der Waals surface area contributed by atoms with Gasteiger partial charge in [-0.1, -0.05) is 0 Å². The topological polar surface area (TPSA) is 32.3 Å². The van der Waals surface area contributed by atoms with Crippen LogP contribution < -0.4 is 10.2 Å². The molecule has 0 spiro atoms. The highest BCUT2D eigenvalue weighted by atomic mass is 19.1. The van der Waals surface area contributed by atoms with Gasteiger partial charge in [0.15, 0.2) is 0 Å². The summed E-state index contributed by atoms with van der Waals surface area (Å²) in [6.45, 7) is 0.982. The lowest BCUT2D eigenvalue weighted by Gasteiger charge is -2.21. The Balaban J connectivity index is 1.86. The minimum absolute atomic E-state index is 0.0880. The molecule has 1 N–H and O–H groups in total. The molecule has 108 valence electrons. The highest BCUT2D eigenvalue weighted by molar-refractivity contribution is 6.06. The van der Waals surface area contributed by atoms with Crippen molar-refractivity contribution >= 4 is 17.3 Å². The maximum atomic E-state index is 13.0. The van der Waals surface area contributed by atoms with Crippen LogP contribution in [0.2, 0.25) is 0 Å². The van der Waals surface area contributed by atoms with E-state index < -0.39 is 0 Å². The number of carbonyl (C=O) groups excluding carboxylic acids is 1. The van der Waals surface area contributed by atoms with E-state index in [2.05, 4.69) is 5.32 Å². The summed E-state index contributed by atoms with van der Waals surface area (Å²) in [6.07, 6.45) is 2.07. The van der Waals surface area contributed by atoms with Crippen LogP contribution in [0.5, 0.6) is 0 Å². The quantitative estimate of drug-likeness (QED) is 0.916. The molecule has 2 aromatic carbocycles. The fourth-order valence-corrected chi connectivity index (χ4v) is 2.58. The Morgan fingerprint density at radius 3 is 2.71 bits per heavy atom. The molecule has 0 saturated carbocycles. The first kappa shape index (κ1) is 13.6.